The van der Waals surface area contributed by atoms with Crippen LogP contribution in [0.25, 0.3) is 0 Å². The van der Waals surface area contributed by atoms with Crippen molar-refractivity contribution in [3.8, 4) is 0 Å². The minimum Gasteiger partial charge on any atom is -0.481 e. The maximum atomic E-state index is 12.4. The van der Waals surface area contributed by atoms with Gasteiger partial charge in [-0.3, -0.25) is 9.59 Å². The topological polar surface area (TPSA) is 101 Å². The molecule has 2 N–H and O–H groups in total. The van der Waals surface area contributed by atoms with E-state index in [1.54, 1.807) is 30.3 Å². The number of hydrogen-bond donors (Lipinski definition) is 2. The van der Waals surface area contributed by atoms with Gasteiger partial charge in [0.15, 0.2) is 9.84 Å². The number of rotatable bonds is 5. The SMILES string of the molecule is CS(=O)(=O)Cc1cccc(NC(=O)[C@@H]2CC=CC[C@@H]2C(=O)O)c1. The minimum absolute atomic E-state index is 0.110. The number of carbonyl (C=O) groups is 2. The number of amides is 1. The molecule has 0 heterocycles. The van der Waals surface area contributed by atoms with Crippen LogP contribution in [-0.4, -0.2) is 31.7 Å². The molecule has 0 bridgehead atoms. The smallest absolute Gasteiger partial charge is 0.307 e. The molecule has 0 aliphatic heterocycles. The van der Waals surface area contributed by atoms with E-state index < -0.39 is 27.6 Å². The fraction of sp³-hybridized carbons (Fsp3) is 0.375. The van der Waals surface area contributed by atoms with Gasteiger partial charge in [0.1, 0.15) is 0 Å². The fourth-order valence-corrected chi connectivity index (χ4v) is 3.44. The summed E-state index contributed by atoms with van der Waals surface area (Å²) in [6.07, 6.45) is 5.44. The van der Waals surface area contributed by atoms with Crippen molar-refractivity contribution in [1.29, 1.82) is 0 Å². The van der Waals surface area contributed by atoms with Crippen LogP contribution in [0.2, 0.25) is 0 Å². The van der Waals surface area contributed by atoms with Gasteiger partial charge in [0.2, 0.25) is 5.91 Å². The minimum atomic E-state index is -3.16. The maximum Gasteiger partial charge on any atom is 0.307 e. The standard InChI is InChI=1S/C16H19NO5S/c1-23(21,22)10-11-5-4-6-12(9-11)17-15(18)13-7-2-3-8-14(13)16(19)20/h2-6,9,13-14H,7-8,10H2,1H3,(H,17,18)(H,19,20)/t13-,14+/m1/s1. The number of aliphatic carboxylic acids is 1. The van der Waals surface area contributed by atoms with Crippen LogP contribution >= 0.6 is 0 Å². The highest BCUT2D eigenvalue weighted by atomic mass is 32.2. The second kappa shape index (κ2) is 6.95. The number of allylic oxidation sites excluding steroid dienone is 2. The fourth-order valence-electron chi connectivity index (χ4n) is 2.65. The molecule has 7 heteroatoms. The lowest BCUT2D eigenvalue weighted by atomic mass is 9.82. The van der Waals surface area contributed by atoms with Crippen LogP contribution in [0.3, 0.4) is 0 Å². The number of hydrogen-bond acceptors (Lipinski definition) is 4. The lowest BCUT2D eigenvalue weighted by Crippen LogP contribution is -2.34. The zero-order chi connectivity index (χ0) is 17.0. The van der Waals surface area contributed by atoms with Gasteiger partial charge in [-0.1, -0.05) is 24.3 Å². The van der Waals surface area contributed by atoms with Gasteiger partial charge in [-0.25, -0.2) is 8.42 Å². The zero-order valence-electron chi connectivity index (χ0n) is 12.7. The van der Waals surface area contributed by atoms with E-state index in [9.17, 15) is 23.1 Å². The number of sulfone groups is 1. The first-order valence-electron chi connectivity index (χ1n) is 7.21. The zero-order valence-corrected chi connectivity index (χ0v) is 13.5. The normalized spacial score (nSPS) is 20.9. The third-order valence-electron chi connectivity index (χ3n) is 3.71. The Morgan fingerprint density at radius 2 is 1.87 bits per heavy atom. The van der Waals surface area contributed by atoms with E-state index in [-0.39, 0.29) is 11.7 Å². The Balaban J connectivity index is 2.12. The van der Waals surface area contributed by atoms with Gasteiger partial charge >= 0.3 is 5.97 Å². The summed E-state index contributed by atoms with van der Waals surface area (Å²) in [4.78, 5) is 23.6. The largest absolute Gasteiger partial charge is 0.481 e. The Morgan fingerprint density at radius 3 is 2.48 bits per heavy atom. The lowest BCUT2D eigenvalue weighted by molar-refractivity contribution is -0.146. The van der Waals surface area contributed by atoms with E-state index in [0.29, 0.717) is 24.1 Å². The molecule has 1 aliphatic rings. The van der Waals surface area contributed by atoms with E-state index in [2.05, 4.69) is 5.32 Å². The molecule has 0 spiro atoms. The molecule has 0 saturated heterocycles. The van der Waals surface area contributed by atoms with Gasteiger partial charge in [0.05, 0.1) is 17.6 Å². The monoisotopic (exact) mass is 337 g/mol. The summed E-state index contributed by atoms with van der Waals surface area (Å²) in [5.74, 6) is -2.82. The highest BCUT2D eigenvalue weighted by molar-refractivity contribution is 7.89. The Bertz CT molecular complexity index is 739. The van der Waals surface area contributed by atoms with Gasteiger partial charge < -0.3 is 10.4 Å². The summed E-state index contributed by atoms with van der Waals surface area (Å²) >= 11 is 0. The number of carbonyl (C=O) groups excluding carboxylic acids is 1. The average molecular weight is 337 g/mol. The number of carboxylic acids is 1. The third-order valence-corrected chi connectivity index (χ3v) is 4.57. The van der Waals surface area contributed by atoms with Gasteiger partial charge in [-0.05, 0) is 30.5 Å². The number of anilines is 1. The molecule has 0 unspecified atom stereocenters. The van der Waals surface area contributed by atoms with Crippen molar-refractivity contribution in [3.63, 3.8) is 0 Å². The first-order chi connectivity index (χ1) is 10.8. The molecular formula is C16H19NO5S. The van der Waals surface area contributed by atoms with E-state index in [1.165, 1.54) is 0 Å². The molecule has 1 aromatic carbocycles. The molecular weight excluding hydrogens is 318 g/mol. The number of nitrogens with one attached hydrogen (secondary N) is 1. The molecule has 0 saturated carbocycles. The highest BCUT2D eigenvalue weighted by Crippen LogP contribution is 2.27. The van der Waals surface area contributed by atoms with Crippen LogP contribution in [0.4, 0.5) is 5.69 Å². The summed E-state index contributed by atoms with van der Waals surface area (Å²) in [6.45, 7) is 0. The molecule has 2 rings (SSSR count). The van der Waals surface area contributed by atoms with E-state index in [1.807, 2.05) is 6.08 Å². The Hall–Kier alpha value is -2.15. The van der Waals surface area contributed by atoms with Crippen LogP contribution in [0.5, 0.6) is 0 Å². The molecule has 1 aromatic rings. The van der Waals surface area contributed by atoms with Gasteiger partial charge in [0.25, 0.3) is 0 Å². The van der Waals surface area contributed by atoms with Crippen LogP contribution < -0.4 is 5.32 Å². The average Bonchev–Trinajstić information content (AvgIpc) is 2.45. The van der Waals surface area contributed by atoms with Gasteiger partial charge in [0, 0.05) is 11.9 Å². The van der Waals surface area contributed by atoms with E-state index in [0.717, 1.165) is 6.26 Å². The predicted molar refractivity (Wildman–Crippen MR) is 86.6 cm³/mol. The van der Waals surface area contributed by atoms with Crippen LogP contribution in [0.1, 0.15) is 18.4 Å². The van der Waals surface area contributed by atoms with E-state index in [4.69, 9.17) is 0 Å². The van der Waals surface area contributed by atoms with Crippen molar-refractivity contribution in [1.82, 2.24) is 0 Å². The first kappa shape index (κ1) is 17.2. The summed E-state index contributed by atoms with van der Waals surface area (Å²) in [7, 11) is -3.16. The third kappa shape index (κ3) is 4.92. The van der Waals surface area contributed by atoms with Crippen LogP contribution in [0.15, 0.2) is 36.4 Å². The summed E-state index contributed by atoms with van der Waals surface area (Å²) in [5.41, 5.74) is 1.04. The molecule has 124 valence electrons. The number of carboxylic acid groups (broad SMARTS) is 1. The van der Waals surface area contributed by atoms with Crippen molar-refractivity contribution in [3.05, 3.63) is 42.0 Å². The molecule has 1 aliphatic carbocycles. The summed E-state index contributed by atoms with van der Waals surface area (Å²) in [5, 5.41) is 11.9. The lowest BCUT2D eigenvalue weighted by Gasteiger charge is -2.24. The Kier molecular flexibility index (Phi) is 5.20. The van der Waals surface area contributed by atoms with Crippen molar-refractivity contribution >= 4 is 27.4 Å². The second-order valence-corrected chi connectivity index (χ2v) is 7.89. The Labute approximate surface area is 135 Å². The quantitative estimate of drug-likeness (QED) is 0.799. The molecule has 0 aromatic heterocycles. The molecule has 6 nitrogen and oxygen atoms in total. The van der Waals surface area contributed by atoms with Gasteiger partial charge in [-0.15, -0.1) is 0 Å². The van der Waals surface area contributed by atoms with Crippen LogP contribution in [0, 0.1) is 11.8 Å². The van der Waals surface area contributed by atoms with Crippen molar-refractivity contribution in [2.75, 3.05) is 11.6 Å². The van der Waals surface area contributed by atoms with Gasteiger partial charge in [-0.2, -0.15) is 0 Å². The maximum absolute atomic E-state index is 12.4. The van der Waals surface area contributed by atoms with Crippen molar-refractivity contribution in [2.45, 2.75) is 18.6 Å². The van der Waals surface area contributed by atoms with Crippen molar-refractivity contribution in [2.24, 2.45) is 11.8 Å². The highest BCUT2D eigenvalue weighted by Gasteiger charge is 2.33. The molecule has 0 fully saturated rings. The van der Waals surface area contributed by atoms with E-state index >= 15 is 0 Å². The predicted octanol–water partition coefficient (Wildman–Crippen LogP) is 1.84. The molecule has 0 radical (unpaired) electrons. The second-order valence-electron chi connectivity index (χ2n) is 5.75. The van der Waals surface area contributed by atoms with Crippen LogP contribution in [-0.2, 0) is 25.2 Å². The molecule has 2 atom stereocenters. The Morgan fingerprint density at radius 1 is 1.22 bits per heavy atom. The molecule has 23 heavy (non-hydrogen) atoms. The summed E-state index contributed by atoms with van der Waals surface area (Å²) < 4.78 is 22.7. The molecule has 1 amide bonds. The number of benzene rings is 1. The van der Waals surface area contributed by atoms with Crippen molar-refractivity contribution < 1.29 is 23.1 Å². The first-order valence-corrected chi connectivity index (χ1v) is 9.27. The summed E-state index contributed by atoms with van der Waals surface area (Å²) in [6, 6.07) is 6.57.